The highest BCUT2D eigenvalue weighted by Gasteiger charge is 2.32. The molecule has 0 saturated heterocycles. The Balaban J connectivity index is 1.83. The van der Waals surface area contributed by atoms with Gasteiger partial charge in [0.1, 0.15) is 17.2 Å². The number of alkyl halides is 3. The van der Waals surface area contributed by atoms with Gasteiger partial charge in [-0.05, 0) is 61.9 Å². The number of aliphatic carboxylic acids is 1. The summed E-state index contributed by atoms with van der Waals surface area (Å²) in [6.07, 6.45) is -5.99. The highest BCUT2D eigenvalue weighted by molar-refractivity contribution is 6.35. The number of halogens is 4. The first-order chi connectivity index (χ1) is 18.4. The normalized spacial score (nSPS) is 12.3. The van der Waals surface area contributed by atoms with Gasteiger partial charge < -0.3 is 23.9 Å². The predicted molar refractivity (Wildman–Crippen MR) is 138 cm³/mol. The highest BCUT2D eigenvalue weighted by atomic mass is 35.5. The van der Waals surface area contributed by atoms with Crippen molar-refractivity contribution in [3.05, 3.63) is 88.1 Å². The molecule has 4 aromatic rings. The molecular weight excluding hydrogens is 539 g/mol. The van der Waals surface area contributed by atoms with Gasteiger partial charge in [-0.2, -0.15) is 0 Å². The summed E-state index contributed by atoms with van der Waals surface area (Å²) < 4.78 is 55.3. The Bertz CT molecular complexity index is 1560. The van der Waals surface area contributed by atoms with E-state index in [2.05, 4.69) is 4.74 Å². The van der Waals surface area contributed by atoms with Crippen molar-refractivity contribution in [3.8, 4) is 17.2 Å². The van der Waals surface area contributed by atoms with Crippen LogP contribution >= 0.6 is 11.6 Å². The van der Waals surface area contributed by atoms with Crippen LogP contribution in [0.4, 0.5) is 13.2 Å². The van der Waals surface area contributed by atoms with Gasteiger partial charge in [-0.25, -0.2) is 4.79 Å². The maximum Gasteiger partial charge on any atom is 0.573 e. The zero-order chi connectivity index (χ0) is 28.5. The number of nitrogens with zero attached hydrogens (tertiary/aromatic N) is 1. The fourth-order valence-electron chi connectivity index (χ4n) is 4.24. The largest absolute Gasteiger partial charge is 0.573 e. The Labute approximate surface area is 226 Å². The first-order valence-electron chi connectivity index (χ1n) is 11.6. The van der Waals surface area contributed by atoms with Gasteiger partial charge in [-0.15, -0.1) is 13.2 Å². The number of carbonyl (C=O) groups is 2. The molecule has 1 heterocycles. The number of ketones is 1. The lowest BCUT2D eigenvalue weighted by Gasteiger charge is -2.14. The van der Waals surface area contributed by atoms with Gasteiger partial charge in [0, 0.05) is 29.3 Å². The first kappa shape index (κ1) is 27.8. The minimum Gasteiger partial charge on any atom is -0.497 e. The molecule has 0 aliphatic heterocycles. The Morgan fingerprint density at radius 3 is 2.38 bits per heavy atom. The molecule has 1 unspecified atom stereocenters. The van der Waals surface area contributed by atoms with E-state index in [9.17, 15) is 22.8 Å². The molecule has 0 fully saturated rings. The lowest BCUT2D eigenvalue weighted by molar-refractivity contribution is -0.274. The van der Waals surface area contributed by atoms with E-state index in [0.717, 1.165) is 6.07 Å². The molecule has 1 N–H and O–H groups in total. The molecule has 0 saturated carbocycles. The Hall–Kier alpha value is -4.18. The number of hydrogen-bond acceptors (Lipinski definition) is 5. The van der Waals surface area contributed by atoms with Crippen molar-refractivity contribution < 1.29 is 42.1 Å². The predicted octanol–water partition coefficient (Wildman–Crippen LogP) is 6.64. The summed E-state index contributed by atoms with van der Waals surface area (Å²) in [5, 5.41) is 9.71. The van der Waals surface area contributed by atoms with Crippen LogP contribution < -0.4 is 14.2 Å². The maximum atomic E-state index is 13.7. The zero-order valence-electron chi connectivity index (χ0n) is 21.0. The number of carbonyl (C=O) groups excluding carboxylic acids is 1. The van der Waals surface area contributed by atoms with Crippen molar-refractivity contribution in [2.75, 3.05) is 7.11 Å². The number of benzene rings is 3. The number of methoxy groups -OCH3 is 1. The number of aromatic nitrogens is 1. The van der Waals surface area contributed by atoms with Crippen LogP contribution in [0.2, 0.25) is 5.02 Å². The van der Waals surface area contributed by atoms with E-state index in [4.69, 9.17) is 26.2 Å². The van der Waals surface area contributed by atoms with Crippen molar-refractivity contribution in [2.45, 2.75) is 32.9 Å². The average Bonchev–Trinajstić information content (AvgIpc) is 3.13. The monoisotopic (exact) mass is 561 g/mol. The molecule has 0 amide bonds. The summed E-state index contributed by atoms with van der Waals surface area (Å²) in [5.74, 6) is -1.23. The molecule has 0 spiro atoms. The van der Waals surface area contributed by atoms with Crippen molar-refractivity contribution in [1.29, 1.82) is 0 Å². The molecule has 11 heteroatoms. The fraction of sp³-hybridized carbons (Fsp3) is 0.214. The van der Waals surface area contributed by atoms with Crippen LogP contribution in [0.15, 0.2) is 60.7 Å². The third-order valence-corrected chi connectivity index (χ3v) is 6.39. The maximum absolute atomic E-state index is 13.7. The van der Waals surface area contributed by atoms with Crippen molar-refractivity contribution in [1.82, 2.24) is 4.57 Å². The van der Waals surface area contributed by atoms with Crippen molar-refractivity contribution >= 4 is 34.3 Å². The molecule has 1 atom stereocenters. The second-order valence-electron chi connectivity index (χ2n) is 8.69. The lowest BCUT2D eigenvalue weighted by Crippen LogP contribution is -2.22. The van der Waals surface area contributed by atoms with Crippen LogP contribution in [-0.4, -0.2) is 41.0 Å². The van der Waals surface area contributed by atoms with Crippen molar-refractivity contribution in [2.24, 2.45) is 0 Å². The number of rotatable bonds is 9. The van der Waals surface area contributed by atoms with Crippen LogP contribution in [0, 0.1) is 6.92 Å². The summed E-state index contributed by atoms with van der Waals surface area (Å²) in [5.41, 5.74) is 1.94. The van der Waals surface area contributed by atoms with Crippen LogP contribution in [0.1, 0.15) is 34.1 Å². The minimum atomic E-state index is -4.90. The Kier molecular flexibility index (Phi) is 7.78. The summed E-state index contributed by atoms with van der Waals surface area (Å²) in [6, 6.07) is 15.0. The quantitative estimate of drug-likeness (QED) is 0.230. The molecule has 39 heavy (non-hydrogen) atoms. The van der Waals surface area contributed by atoms with E-state index in [0.29, 0.717) is 33.7 Å². The summed E-state index contributed by atoms with van der Waals surface area (Å²) in [7, 11) is 1.47. The zero-order valence-corrected chi connectivity index (χ0v) is 21.8. The number of hydrogen-bond donors (Lipinski definition) is 1. The molecule has 0 aliphatic rings. The second-order valence-corrected chi connectivity index (χ2v) is 9.10. The molecular formula is C28H23ClF3NO6. The highest BCUT2D eigenvalue weighted by Crippen LogP contribution is 2.35. The Morgan fingerprint density at radius 2 is 1.74 bits per heavy atom. The molecule has 0 aliphatic carbocycles. The van der Waals surface area contributed by atoms with Crippen molar-refractivity contribution in [3.63, 3.8) is 0 Å². The number of ether oxygens (including phenoxy) is 3. The van der Waals surface area contributed by atoms with Gasteiger partial charge in [0.15, 0.2) is 11.9 Å². The average molecular weight is 562 g/mol. The molecule has 0 bridgehead atoms. The molecule has 204 valence electrons. The number of carboxylic acids is 1. The summed E-state index contributed by atoms with van der Waals surface area (Å²) in [4.78, 5) is 24.9. The number of fused-ring (bicyclic) bond motifs is 1. The SMILES string of the molecule is COc1ccc(C(=O)c2c(C)n(Cc3cccc(OC(C)C(=O)O)c3)c3cc(OC(F)(F)F)ccc23)c(Cl)c1. The van der Waals surface area contributed by atoms with Crippen LogP contribution in [0.3, 0.4) is 0 Å². The lowest BCUT2D eigenvalue weighted by atomic mass is 10.00. The third-order valence-electron chi connectivity index (χ3n) is 6.08. The smallest absolute Gasteiger partial charge is 0.497 e. The summed E-state index contributed by atoms with van der Waals surface area (Å²) in [6.45, 7) is 3.21. The van der Waals surface area contributed by atoms with E-state index in [1.807, 2.05) is 0 Å². The topological polar surface area (TPSA) is 87.0 Å². The molecule has 3 aromatic carbocycles. The molecule has 0 radical (unpaired) electrons. The van der Waals surface area contributed by atoms with E-state index >= 15 is 0 Å². The Morgan fingerprint density at radius 1 is 1.03 bits per heavy atom. The summed E-state index contributed by atoms with van der Waals surface area (Å²) >= 11 is 6.36. The third kappa shape index (κ3) is 6.12. The van der Waals surface area contributed by atoms with Gasteiger partial charge in [-0.3, -0.25) is 4.79 Å². The van der Waals surface area contributed by atoms with Gasteiger partial charge in [0.05, 0.1) is 23.2 Å². The van der Waals surface area contributed by atoms with Crippen LogP contribution in [-0.2, 0) is 11.3 Å². The van der Waals surface area contributed by atoms with Gasteiger partial charge >= 0.3 is 12.3 Å². The van der Waals surface area contributed by atoms with E-state index in [1.165, 1.54) is 38.3 Å². The van der Waals surface area contributed by atoms with E-state index < -0.39 is 30.0 Å². The van der Waals surface area contributed by atoms with E-state index in [-0.39, 0.29) is 22.7 Å². The minimum absolute atomic E-state index is 0.139. The fourth-order valence-corrected chi connectivity index (χ4v) is 4.50. The van der Waals surface area contributed by atoms with E-state index in [1.54, 1.807) is 41.8 Å². The first-order valence-corrected chi connectivity index (χ1v) is 12.0. The van der Waals surface area contributed by atoms with Crippen LogP contribution in [0.5, 0.6) is 17.2 Å². The number of carboxylic acid groups (broad SMARTS) is 1. The molecule has 7 nitrogen and oxygen atoms in total. The van der Waals surface area contributed by atoms with Gasteiger partial charge in [0.2, 0.25) is 0 Å². The molecule has 4 rings (SSSR count). The van der Waals surface area contributed by atoms with Crippen LogP contribution in [0.25, 0.3) is 10.9 Å². The van der Waals surface area contributed by atoms with Gasteiger partial charge in [0.25, 0.3) is 0 Å². The molecule has 1 aromatic heterocycles. The van der Waals surface area contributed by atoms with Gasteiger partial charge in [-0.1, -0.05) is 23.7 Å². The standard InChI is InChI=1S/C28H23ClF3NO6/c1-15-25(26(34)21-9-7-18(37-3)12-23(21)29)22-10-8-20(39-28(30,31)32)13-24(22)33(15)14-17-5-4-6-19(11-17)38-16(2)27(35)36/h4-13,16H,14H2,1-3H3,(H,35,36). The second kappa shape index (κ2) is 10.9.